The second-order valence-electron chi connectivity index (χ2n) is 4.75. The highest BCUT2D eigenvalue weighted by molar-refractivity contribution is 5.77. The van der Waals surface area contributed by atoms with Gasteiger partial charge < -0.3 is 15.8 Å². The molecule has 4 nitrogen and oxygen atoms in total. The summed E-state index contributed by atoms with van der Waals surface area (Å²) in [5.41, 5.74) is 5.16. The van der Waals surface area contributed by atoms with E-state index < -0.39 is 24.3 Å². The molecule has 0 radical (unpaired) electrons. The van der Waals surface area contributed by atoms with Gasteiger partial charge in [0.25, 0.3) is 5.91 Å². The van der Waals surface area contributed by atoms with Crippen LogP contribution in [0.4, 0.5) is 13.2 Å². The van der Waals surface area contributed by atoms with Crippen LogP contribution in [-0.2, 0) is 17.4 Å². The maximum atomic E-state index is 13.0. The Balaban J connectivity index is 2.94. The fraction of sp³-hybridized carbons (Fsp3) is 0.500. The molecule has 0 aliphatic heterocycles. The molecule has 0 saturated carbocycles. The smallest absolute Gasteiger partial charge is 0.419 e. The molecule has 0 heterocycles. The van der Waals surface area contributed by atoms with E-state index in [9.17, 15) is 18.0 Å². The maximum Gasteiger partial charge on any atom is 0.419 e. The summed E-state index contributed by atoms with van der Waals surface area (Å²) in [6, 6.07) is 3.51. The third kappa shape index (κ3) is 5.63. The van der Waals surface area contributed by atoms with Crippen LogP contribution < -0.4 is 15.8 Å². The Bertz CT molecular complexity index is 488. The Morgan fingerprint density at radius 2 is 2.10 bits per heavy atom. The summed E-state index contributed by atoms with van der Waals surface area (Å²) >= 11 is 0. The molecule has 118 valence electrons. The number of likely N-dealkylation sites (N-methyl/N-ethyl adjacent to an activating group) is 1. The Labute approximate surface area is 121 Å². The van der Waals surface area contributed by atoms with Gasteiger partial charge in [-0.2, -0.15) is 13.2 Å². The predicted molar refractivity (Wildman–Crippen MR) is 73.0 cm³/mol. The third-order valence-electron chi connectivity index (χ3n) is 2.64. The summed E-state index contributed by atoms with van der Waals surface area (Å²) in [5, 5.41) is 2.45. The van der Waals surface area contributed by atoms with Crippen molar-refractivity contribution >= 4 is 5.91 Å². The summed E-state index contributed by atoms with van der Waals surface area (Å²) in [5.74, 6) is -0.826. The van der Waals surface area contributed by atoms with Gasteiger partial charge in [-0.05, 0) is 38.0 Å². The normalized spacial score (nSPS) is 12.9. The second kappa shape index (κ2) is 7.31. The first-order valence-electron chi connectivity index (χ1n) is 6.59. The molecule has 1 rings (SSSR count). The third-order valence-corrected chi connectivity index (χ3v) is 2.64. The molecular formula is C14H19F3N2O2. The number of carbonyl (C=O) groups excluding carboxylic acids is 1. The van der Waals surface area contributed by atoms with Gasteiger partial charge >= 0.3 is 6.18 Å². The minimum atomic E-state index is -4.55. The van der Waals surface area contributed by atoms with Gasteiger partial charge in [-0.15, -0.1) is 0 Å². The SMILES string of the molecule is CCNC(=O)COc1ccc(CC(C)N)cc1C(F)(F)F. The molecular weight excluding hydrogens is 285 g/mol. The zero-order valence-corrected chi connectivity index (χ0v) is 12.0. The lowest BCUT2D eigenvalue weighted by atomic mass is 10.0. The standard InChI is InChI=1S/C14H19F3N2O2/c1-3-19-13(20)8-21-12-5-4-10(6-9(2)18)7-11(12)14(15,16)17/h4-5,7,9H,3,6,8,18H2,1-2H3,(H,19,20). The van der Waals surface area contributed by atoms with Crippen molar-refractivity contribution in [3.8, 4) is 5.75 Å². The van der Waals surface area contributed by atoms with Crippen LogP contribution in [0.15, 0.2) is 18.2 Å². The Hall–Kier alpha value is -1.76. The predicted octanol–water partition coefficient (Wildman–Crippen LogP) is 2.11. The van der Waals surface area contributed by atoms with Crippen LogP contribution in [0.1, 0.15) is 25.0 Å². The monoisotopic (exact) mass is 304 g/mol. The van der Waals surface area contributed by atoms with Crippen LogP contribution in [-0.4, -0.2) is 25.1 Å². The lowest BCUT2D eigenvalue weighted by Crippen LogP contribution is -2.28. The van der Waals surface area contributed by atoms with Crippen LogP contribution in [0, 0.1) is 0 Å². The van der Waals surface area contributed by atoms with Gasteiger partial charge in [0.2, 0.25) is 0 Å². The van der Waals surface area contributed by atoms with Gasteiger partial charge in [0.15, 0.2) is 6.61 Å². The van der Waals surface area contributed by atoms with Crippen LogP contribution in [0.3, 0.4) is 0 Å². The van der Waals surface area contributed by atoms with E-state index in [2.05, 4.69) is 5.32 Å². The van der Waals surface area contributed by atoms with E-state index in [4.69, 9.17) is 10.5 Å². The van der Waals surface area contributed by atoms with Crippen LogP contribution >= 0.6 is 0 Å². The first kappa shape index (κ1) is 17.3. The van der Waals surface area contributed by atoms with Crippen molar-refractivity contribution in [2.24, 2.45) is 5.73 Å². The van der Waals surface area contributed by atoms with Crippen molar-refractivity contribution in [2.45, 2.75) is 32.5 Å². The van der Waals surface area contributed by atoms with E-state index in [-0.39, 0.29) is 11.8 Å². The van der Waals surface area contributed by atoms with Gasteiger partial charge in [-0.3, -0.25) is 4.79 Å². The molecule has 0 aliphatic rings. The van der Waals surface area contributed by atoms with Gasteiger partial charge in [0, 0.05) is 12.6 Å². The molecule has 1 aromatic carbocycles. The number of halogens is 3. The number of alkyl halides is 3. The van der Waals surface area contributed by atoms with Crippen molar-refractivity contribution in [2.75, 3.05) is 13.2 Å². The van der Waals surface area contributed by atoms with Crippen molar-refractivity contribution in [1.82, 2.24) is 5.32 Å². The zero-order chi connectivity index (χ0) is 16.0. The van der Waals surface area contributed by atoms with Gasteiger partial charge in [-0.1, -0.05) is 6.07 Å². The number of carbonyl (C=O) groups is 1. The van der Waals surface area contributed by atoms with Crippen molar-refractivity contribution in [3.63, 3.8) is 0 Å². The van der Waals surface area contributed by atoms with Crippen molar-refractivity contribution in [3.05, 3.63) is 29.3 Å². The van der Waals surface area contributed by atoms with Crippen molar-refractivity contribution in [1.29, 1.82) is 0 Å². The lowest BCUT2D eigenvalue weighted by molar-refractivity contribution is -0.139. The number of hydrogen-bond acceptors (Lipinski definition) is 3. The van der Waals surface area contributed by atoms with Crippen molar-refractivity contribution < 1.29 is 22.7 Å². The minimum absolute atomic E-state index is 0.242. The summed E-state index contributed by atoms with van der Waals surface area (Å²) in [6.07, 6.45) is -4.22. The van der Waals surface area contributed by atoms with Crippen LogP contribution in [0.25, 0.3) is 0 Å². The van der Waals surface area contributed by atoms with E-state index in [0.29, 0.717) is 18.5 Å². The summed E-state index contributed by atoms with van der Waals surface area (Å²) in [6.45, 7) is 3.36. The van der Waals surface area contributed by atoms with E-state index in [1.54, 1.807) is 13.8 Å². The van der Waals surface area contributed by atoms with E-state index >= 15 is 0 Å². The molecule has 1 unspecified atom stereocenters. The van der Waals surface area contributed by atoms with E-state index in [1.165, 1.54) is 12.1 Å². The fourth-order valence-corrected chi connectivity index (χ4v) is 1.81. The van der Waals surface area contributed by atoms with Crippen LogP contribution in [0.5, 0.6) is 5.75 Å². The average molecular weight is 304 g/mol. The molecule has 0 fully saturated rings. The lowest BCUT2D eigenvalue weighted by Gasteiger charge is -2.16. The minimum Gasteiger partial charge on any atom is -0.483 e. The highest BCUT2D eigenvalue weighted by Gasteiger charge is 2.34. The summed E-state index contributed by atoms with van der Waals surface area (Å²) in [4.78, 5) is 11.3. The molecule has 0 aliphatic carbocycles. The maximum absolute atomic E-state index is 13.0. The molecule has 1 aromatic rings. The molecule has 21 heavy (non-hydrogen) atoms. The van der Waals surface area contributed by atoms with Gasteiger partial charge in [-0.25, -0.2) is 0 Å². The molecule has 0 aromatic heterocycles. The van der Waals surface area contributed by atoms with Gasteiger partial charge in [0.1, 0.15) is 5.75 Å². The highest BCUT2D eigenvalue weighted by Crippen LogP contribution is 2.37. The molecule has 0 saturated heterocycles. The Morgan fingerprint density at radius 3 is 2.62 bits per heavy atom. The molecule has 0 spiro atoms. The first-order chi connectivity index (χ1) is 9.74. The van der Waals surface area contributed by atoms with Crippen LogP contribution in [0.2, 0.25) is 0 Å². The molecule has 7 heteroatoms. The number of benzene rings is 1. The Kier molecular flexibility index (Phi) is 6.02. The summed E-state index contributed by atoms with van der Waals surface area (Å²) in [7, 11) is 0. The molecule has 3 N–H and O–H groups in total. The van der Waals surface area contributed by atoms with E-state index in [1.807, 2.05) is 0 Å². The molecule has 1 amide bonds. The van der Waals surface area contributed by atoms with Gasteiger partial charge in [0.05, 0.1) is 5.56 Å². The Morgan fingerprint density at radius 1 is 1.43 bits per heavy atom. The average Bonchev–Trinajstić information content (AvgIpc) is 2.35. The second-order valence-corrected chi connectivity index (χ2v) is 4.75. The number of ether oxygens (including phenoxy) is 1. The quantitative estimate of drug-likeness (QED) is 0.846. The number of nitrogens with two attached hydrogens (primary N) is 1. The molecule has 0 bridgehead atoms. The number of rotatable bonds is 6. The topological polar surface area (TPSA) is 64.3 Å². The highest BCUT2D eigenvalue weighted by atomic mass is 19.4. The number of hydrogen-bond donors (Lipinski definition) is 2. The number of amides is 1. The van der Waals surface area contributed by atoms with E-state index in [0.717, 1.165) is 6.07 Å². The largest absolute Gasteiger partial charge is 0.483 e. The summed E-state index contributed by atoms with van der Waals surface area (Å²) < 4.78 is 44.1. The zero-order valence-electron chi connectivity index (χ0n) is 12.0. The molecule has 1 atom stereocenters. The first-order valence-corrected chi connectivity index (χ1v) is 6.59. The fourth-order valence-electron chi connectivity index (χ4n) is 1.81. The number of nitrogens with one attached hydrogen (secondary N) is 1.